The van der Waals surface area contributed by atoms with Crippen LogP contribution in [0.3, 0.4) is 0 Å². The number of halogens is 2. The molecule has 41 nitrogen and oxygen atoms in total. The van der Waals surface area contributed by atoms with Crippen molar-refractivity contribution in [2.45, 2.75) is 226 Å². The maximum absolute atomic E-state index is 17.4. The lowest BCUT2D eigenvalue weighted by molar-refractivity contribution is -0.277. The molecule has 0 aromatic heterocycles. The molecule has 144 heavy (non-hydrogen) atoms. The Morgan fingerprint density at radius 1 is 0.542 bits per heavy atom. The molecule has 17 bridgehead atoms. The number of rotatable bonds is 27. The Labute approximate surface area is 840 Å². The van der Waals surface area contributed by atoms with Crippen LogP contribution < -0.4 is 76.1 Å². The fourth-order valence-corrected chi connectivity index (χ4v) is 24.5. The van der Waals surface area contributed by atoms with Gasteiger partial charge in [0.05, 0.1) is 23.8 Å². The molecule has 0 spiro atoms. The van der Waals surface area contributed by atoms with Gasteiger partial charge >= 0.3 is 13.9 Å². The molecule has 0 unspecified atom stereocenters. The van der Waals surface area contributed by atoms with E-state index in [4.69, 9.17) is 65.6 Å². The number of carbonyl (C=O) groups excluding carboxylic acids is 9. The summed E-state index contributed by atoms with van der Waals surface area (Å²) in [6, 6.07) is 7.80. The Bertz CT molecular complexity index is 5840. The summed E-state index contributed by atoms with van der Waals surface area (Å²) in [6.07, 6.45) is -9.04. The van der Waals surface area contributed by atoms with Crippen LogP contribution in [0, 0.1) is 0 Å². The van der Waals surface area contributed by atoms with Gasteiger partial charge in [-0.1, -0.05) is 105 Å². The molecule has 18 atom stereocenters. The minimum absolute atomic E-state index is 0.0704. The number of phenols is 3. The first-order valence-electron chi connectivity index (χ1n) is 48.7. The van der Waals surface area contributed by atoms with Gasteiger partial charge in [-0.2, -0.15) is 0 Å². The third-order valence-electron chi connectivity index (χ3n) is 27.3. The third-order valence-corrected chi connectivity index (χ3v) is 31.9. The first-order valence-corrected chi connectivity index (χ1v) is 51.0. The molecule has 44 heteroatoms. The second-order valence-corrected chi connectivity index (χ2v) is 41.3. The summed E-state index contributed by atoms with van der Waals surface area (Å²) in [4.78, 5) is 145. The SMILES string of the molecule is CCCCCCCCCCC(=O)N[C@H]1[C@H](Oc2c3cc4cc2Oc2ccc(cc2Cl)[C@@H](O)[C@@H]2NC(=O)[C@H](NC(=O)[C@@H]4NC(=O)[C@H]4NC(=O)[C@@H](Cc5ccc(cc5)O3)NC(=O)[C@@H](NC)c3ccc(O)c(c3)Oc3cc(O[P+](N5CCCC5)(N5CCCC5)N5CCCC5)c(Cl)c4c3)c3ccc(O)c(c3)-c3c(O[C@H]4O[C@H](CO)[C@@H](O)[C@H](O)[C@@H]4O)cc(O)cc3[C@@H](C(=O)NCCCN(C)C)NC2=O)O[C@H](C(=O)OC)[C@@H](O)[C@@H]1O. The topological polar surface area (TPSA) is 560 Å². The number of hydrogen-bond acceptors (Lipinski definition) is 33. The van der Waals surface area contributed by atoms with Crippen LogP contribution in [0.25, 0.3) is 11.1 Å². The summed E-state index contributed by atoms with van der Waals surface area (Å²) >= 11 is 15.5. The first-order chi connectivity index (χ1) is 69.2. The number of carbonyl (C=O) groups is 9. The highest BCUT2D eigenvalue weighted by Gasteiger charge is 2.63. The molecule has 8 amide bonds. The van der Waals surface area contributed by atoms with Crippen molar-refractivity contribution in [1.29, 1.82) is 0 Å². The van der Waals surface area contributed by atoms with Gasteiger partial charge < -0.3 is 142 Å². The lowest BCUT2D eigenvalue weighted by Crippen LogP contribution is -2.66. The van der Waals surface area contributed by atoms with E-state index in [1.165, 1.54) is 73.8 Å². The number of methoxy groups -OCH3 is 1. The summed E-state index contributed by atoms with van der Waals surface area (Å²) in [7, 11) is 2.83. The molecular weight excluding hydrogens is 1930 g/mol. The molecule has 11 heterocycles. The van der Waals surface area contributed by atoms with Crippen molar-refractivity contribution in [2.24, 2.45) is 0 Å². The number of esters is 1. The van der Waals surface area contributed by atoms with Crippen molar-refractivity contribution < 1.29 is 137 Å². The van der Waals surface area contributed by atoms with Gasteiger partial charge in [-0.05, 0) is 185 Å². The molecule has 774 valence electrons. The minimum Gasteiger partial charge on any atom is -0.508 e. The number of aliphatic hydroxyl groups is 7. The van der Waals surface area contributed by atoms with Crippen LogP contribution >= 0.6 is 31.1 Å². The Morgan fingerprint density at radius 3 is 1.81 bits per heavy atom. The number of ether oxygens (including phenoxy) is 8. The van der Waals surface area contributed by atoms with Gasteiger partial charge in [0.2, 0.25) is 71.3 Å². The van der Waals surface area contributed by atoms with Crippen molar-refractivity contribution in [3.63, 3.8) is 0 Å². The van der Waals surface area contributed by atoms with E-state index in [1.54, 1.807) is 14.1 Å². The summed E-state index contributed by atoms with van der Waals surface area (Å²) < 4.78 is 66.1. The predicted octanol–water partition coefficient (Wildman–Crippen LogP) is 6.65. The fraction of sp³-hybridized carbons (Fsp3) is 0.490. The molecule has 5 fully saturated rings. The second-order valence-electron chi connectivity index (χ2n) is 37.6. The monoisotopic (exact) mass is 2050 g/mol. The largest absolute Gasteiger partial charge is 0.508 e. The number of hydrogen-bond donors (Lipinski definition) is 19. The van der Waals surface area contributed by atoms with Crippen LogP contribution in [0.2, 0.25) is 10.0 Å². The molecule has 7 aromatic carbocycles. The summed E-state index contributed by atoms with van der Waals surface area (Å²) in [5.74, 6) is -15.5. The molecule has 0 radical (unpaired) electrons. The van der Waals surface area contributed by atoms with E-state index in [9.17, 15) is 60.7 Å². The number of unbranched alkanes of at least 4 members (excludes halogenated alkanes) is 7. The van der Waals surface area contributed by atoms with Crippen molar-refractivity contribution in [3.05, 3.63) is 164 Å². The van der Waals surface area contributed by atoms with E-state index in [0.29, 0.717) is 70.6 Å². The normalized spacial score (nSPS) is 26.4. The summed E-state index contributed by atoms with van der Waals surface area (Å²) in [5.41, 5.74) is -2.15. The van der Waals surface area contributed by atoms with Crippen LogP contribution in [0.5, 0.6) is 69.0 Å². The molecule has 11 aliphatic heterocycles. The highest BCUT2D eigenvalue weighted by molar-refractivity contribution is 7.64. The fourth-order valence-electron chi connectivity index (χ4n) is 19.7. The van der Waals surface area contributed by atoms with E-state index in [0.717, 1.165) is 133 Å². The number of amides is 8. The third kappa shape index (κ3) is 23.0. The summed E-state index contributed by atoms with van der Waals surface area (Å²) in [6.45, 7) is 5.19. The smallest absolute Gasteiger partial charge is 0.417 e. The van der Waals surface area contributed by atoms with Crippen LogP contribution in [0.15, 0.2) is 115 Å². The number of nitrogens with zero attached hydrogens (tertiary/aromatic N) is 4. The number of phenolic OH excluding ortho intramolecular Hbond substituents is 3. The van der Waals surface area contributed by atoms with Crippen LogP contribution in [0.4, 0.5) is 0 Å². The second kappa shape index (κ2) is 46.4. The highest BCUT2D eigenvalue weighted by Crippen LogP contribution is 2.71. The van der Waals surface area contributed by atoms with Crippen molar-refractivity contribution in [3.8, 4) is 80.1 Å². The lowest BCUT2D eigenvalue weighted by Gasteiger charge is -2.41. The Kier molecular flexibility index (Phi) is 33.9. The number of aromatic hydroxyl groups is 3. The van der Waals surface area contributed by atoms with Crippen LogP contribution in [-0.4, -0.2) is 284 Å². The van der Waals surface area contributed by atoms with Gasteiger partial charge in [-0.15, -0.1) is 14.0 Å². The van der Waals surface area contributed by atoms with E-state index < -0.39 is 245 Å². The van der Waals surface area contributed by atoms with E-state index in [1.807, 2.05) is 4.90 Å². The quantitative estimate of drug-likeness (QED) is 0.0145. The van der Waals surface area contributed by atoms with Crippen LogP contribution in [0.1, 0.15) is 185 Å². The van der Waals surface area contributed by atoms with Gasteiger partial charge in [-0.3, -0.25) is 42.9 Å². The number of aliphatic hydroxyl groups excluding tert-OH is 7. The molecule has 5 saturated heterocycles. The average Bonchev–Trinajstić information content (AvgIpc) is 1.62. The molecule has 18 rings (SSSR count). The predicted molar refractivity (Wildman–Crippen MR) is 520 cm³/mol. The van der Waals surface area contributed by atoms with Crippen molar-refractivity contribution in [2.75, 3.05) is 87.2 Å². The van der Waals surface area contributed by atoms with Gasteiger partial charge in [0, 0.05) is 87.5 Å². The van der Waals surface area contributed by atoms with E-state index in [-0.39, 0.29) is 75.4 Å². The highest BCUT2D eigenvalue weighted by atomic mass is 35.5. The lowest BCUT2D eigenvalue weighted by atomic mass is 9.89. The maximum atomic E-state index is 17.4. The van der Waals surface area contributed by atoms with Crippen molar-refractivity contribution >= 4 is 84.4 Å². The molecular formula is C100H123Cl2N13O28P+. The standard InChI is InChI=1S/C100H122Cl2N13O28P/c1-6-7-8-9-10-11-12-13-21-73(120)106-82-85(123)87(125)90(98(134)135-5)142-99(82)141-89-70-44-55-45-71(89)138-66-31-26-54(42-62(66)101)83(121)81-97(133)110-79(92(128)104-32-20-33-112(3)4)60-46-56(117)47-68(139-100-88(126)86(124)84(122)72(50-116)140-100)74(60)59-41-52(24-29-64(59)118)77(94(130)111-81)107-95(131)78(55)108-96(132)80-61-48-58(49-69(75(61)102)143-144(113-34-14-15-35-113,114-36-16-17-37-114)115-38-18-19-39-115)137-67-43-53(25-30-65(67)119)76(103-2)93(129)105-63(91(127)109-80)40-51-22-27-57(136-70)28-23-51/h22-31,41-49,63,72,76-88,90,99-100,103,116,121-126H,6-21,32-40,50H2,1-5H3,(H10-,104,105,106,107,108,109,110,111,117,118,119,120,127,128,129,130,131,132,133)/p+1/t63-,72-,76+,77-,78-,79+,80+,81+,82-,83-,84-,85-,86+,87+,88+,90+,99-,100+/m1/s1. The number of likely N-dealkylation sites (N-methyl/N-ethyl adjacent to an activating group) is 1. The number of benzene rings is 7. The molecule has 0 aliphatic carbocycles. The van der Waals surface area contributed by atoms with Crippen LogP contribution in [-0.2, 0) is 63.8 Å². The number of fused-ring (bicyclic) bond motifs is 14. The Morgan fingerprint density at radius 2 is 1.15 bits per heavy atom. The first kappa shape index (κ1) is 105. The van der Waals surface area contributed by atoms with E-state index in [2.05, 4.69) is 68.8 Å². The Hall–Kier alpha value is -11.6. The molecule has 7 aromatic rings. The zero-order valence-corrected chi connectivity index (χ0v) is 82.5. The zero-order valence-electron chi connectivity index (χ0n) is 80.1. The molecule has 19 N–H and O–H groups in total. The zero-order chi connectivity index (χ0) is 102. The minimum atomic E-state index is -3.21. The van der Waals surface area contributed by atoms with E-state index >= 15 is 33.6 Å². The Balaban J connectivity index is 0.936. The van der Waals surface area contributed by atoms with Gasteiger partial charge in [-0.25, -0.2) is 4.79 Å². The maximum Gasteiger partial charge on any atom is 0.417 e. The van der Waals surface area contributed by atoms with Gasteiger partial charge in [0.1, 0.15) is 126 Å². The van der Waals surface area contributed by atoms with Gasteiger partial charge in [0.15, 0.2) is 29.1 Å². The molecule has 0 saturated carbocycles. The average molecular weight is 2060 g/mol. The summed E-state index contributed by atoms with van der Waals surface area (Å²) in [5, 5.41) is 143. The van der Waals surface area contributed by atoms with Gasteiger partial charge in [0.25, 0.3) is 0 Å². The van der Waals surface area contributed by atoms with Crippen molar-refractivity contribution in [1.82, 2.24) is 66.8 Å². The number of nitrogens with one attached hydrogen (secondary N) is 9. The molecule has 11 aliphatic rings.